The first-order chi connectivity index (χ1) is 14.6. The number of aliphatic imine (C=N–C) groups is 1. The molecule has 0 spiro atoms. The highest BCUT2D eigenvalue weighted by molar-refractivity contribution is 8.03. The van der Waals surface area contributed by atoms with Gasteiger partial charge in [-0.05, 0) is 60.6 Å². The summed E-state index contributed by atoms with van der Waals surface area (Å²) in [7, 11) is 0. The second-order valence-electron chi connectivity index (χ2n) is 6.51. The van der Waals surface area contributed by atoms with E-state index in [4.69, 9.17) is 5.26 Å². The molecular formula is C23H16N4O2S. The molecule has 30 heavy (non-hydrogen) atoms. The fourth-order valence-corrected chi connectivity index (χ4v) is 3.69. The van der Waals surface area contributed by atoms with Gasteiger partial charge in [-0.25, -0.2) is 9.55 Å². The van der Waals surface area contributed by atoms with Gasteiger partial charge in [0.15, 0.2) is 0 Å². The van der Waals surface area contributed by atoms with Crippen molar-refractivity contribution < 1.29 is 5.11 Å². The first-order valence-corrected chi connectivity index (χ1v) is 9.90. The standard InChI is InChI=1S/C23H16N4O2S/c1-15-12-16(30-14-24)9-10-20(15)26-13-19-17-6-2-3-7-18(17)22(28)27(23(19)29)21-8-4-5-11-25-21/h2-13,29H,1H3. The molecule has 0 unspecified atom stereocenters. The molecule has 0 radical (unpaired) electrons. The van der Waals surface area contributed by atoms with Crippen LogP contribution in [0.25, 0.3) is 16.6 Å². The van der Waals surface area contributed by atoms with Crippen LogP contribution < -0.4 is 5.56 Å². The fraction of sp³-hybridized carbons (Fsp3) is 0.0435. The third-order valence-electron chi connectivity index (χ3n) is 4.65. The lowest BCUT2D eigenvalue weighted by Gasteiger charge is -2.13. The second-order valence-corrected chi connectivity index (χ2v) is 7.37. The minimum absolute atomic E-state index is 0.226. The maximum absolute atomic E-state index is 13.0. The van der Waals surface area contributed by atoms with Crippen molar-refractivity contribution in [1.29, 1.82) is 5.26 Å². The van der Waals surface area contributed by atoms with Gasteiger partial charge in [-0.1, -0.05) is 24.3 Å². The van der Waals surface area contributed by atoms with Crippen molar-refractivity contribution in [3.05, 3.63) is 88.3 Å². The Labute approximate surface area is 176 Å². The minimum Gasteiger partial charge on any atom is -0.494 e. The number of rotatable bonds is 4. The number of thioether (sulfide) groups is 1. The second kappa shape index (κ2) is 8.23. The number of nitriles is 1. The summed E-state index contributed by atoms with van der Waals surface area (Å²) in [5.74, 6) is 0.102. The van der Waals surface area contributed by atoms with E-state index >= 15 is 0 Å². The fourth-order valence-electron chi connectivity index (χ4n) is 3.21. The van der Waals surface area contributed by atoms with E-state index in [0.29, 0.717) is 27.8 Å². The van der Waals surface area contributed by atoms with Gasteiger partial charge in [0.1, 0.15) is 11.2 Å². The smallest absolute Gasteiger partial charge is 0.267 e. The van der Waals surface area contributed by atoms with Crippen LogP contribution >= 0.6 is 11.8 Å². The number of benzene rings is 2. The Bertz CT molecular complexity index is 1370. The monoisotopic (exact) mass is 412 g/mol. The average molecular weight is 412 g/mol. The van der Waals surface area contributed by atoms with Gasteiger partial charge in [0.2, 0.25) is 5.88 Å². The molecule has 2 aromatic heterocycles. The Hall–Kier alpha value is -3.89. The molecule has 1 N–H and O–H groups in total. The van der Waals surface area contributed by atoms with Crippen LogP contribution in [0.2, 0.25) is 0 Å². The Kier molecular flexibility index (Phi) is 5.33. The summed E-state index contributed by atoms with van der Waals surface area (Å²) < 4.78 is 1.18. The van der Waals surface area contributed by atoms with Crippen LogP contribution in [0.1, 0.15) is 11.1 Å². The first kappa shape index (κ1) is 19.4. The van der Waals surface area contributed by atoms with E-state index in [0.717, 1.165) is 22.2 Å². The molecule has 0 aliphatic heterocycles. The zero-order valence-corrected chi connectivity index (χ0v) is 16.8. The summed E-state index contributed by atoms with van der Waals surface area (Å²) in [6.45, 7) is 1.90. The van der Waals surface area contributed by atoms with Crippen molar-refractivity contribution in [3.8, 4) is 17.1 Å². The zero-order valence-electron chi connectivity index (χ0n) is 16.0. The van der Waals surface area contributed by atoms with Crippen molar-refractivity contribution >= 4 is 34.4 Å². The number of thiocyanates is 1. The zero-order chi connectivity index (χ0) is 21.1. The van der Waals surface area contributed by atoms with Gasteiger partial charge in [-0.15, -0.1) is 0 Å². The molecule has 0 aliphatic carbocycles. The van der Waals surface area contributed by atoms with Gasteiger partial charge in [0.25, 0.3) is 5.56 Å². The van der Waals surface area contributed by atoms with Gasteiger partial charge in [-0.2, -0.15) is 5.26 Å². The van der Waals surface area contributed by atoms with E-state index in [1.54, 1.807) is 48.8 Å². The Morgan fingerprint density at radius 3 is 2.60 bits per heavy atom. The number of aromatic hydroxyl groups is 1. The van der Waals surface area contributed by atoms with E-state index in [1.165, 1.54) is 4.57 Å². The third kappa shape index (κ3) is 3.56. The van der Waals surface area contributed by atoms with Crippen molar-refractivity contribution in [3.63, 3.8) is 0 Å². The highest BCUT2D eigenvalue weighted by atomic mass is 32.2. The largest absolute Gasteiger partial charge is 0.494 e. The summed E-state index contributed by atoms with van der Waals surface area (Å²) >= 11 is 1.09. The minimum atomic E-state index is -0.354. The quantitative estimate of drug-likeness (QED) is 0.297. The molecular weight excluding hydrogens is 396 g/mol. The van der Waals surface area contributed by atoms with Crippen molar-refractivity contribution in [2.45, 2.75) is 11.8 Å². The molecule has 2 heterocycles. The summed E-state index contributed by atoms with van der Waals surface area (Å²) in [4.78, 5) is 22.6. The lowest BCUT2D eigenvalue weighted by Crippen LogP contribution is -2.20. The van der Waals surface area contributed by atoms with Gasteiger partial charge in [0, 0.05) is 28.1 Å². The van der Waals surface area contributed by atoms with E-state index < -0.39 is 0 Å². The van der Waals surface area contributed by atoms with E-state index in [1.807, 2.05) is 31.2 Å². The molecule has 146 valence electrons. The third-order valence-corrected chi connectivity index (χ3v) is 5.23. The topological polar surface area (TPSA) is 91.3 Å². The van der Waals surface area contributed by atoms with E-state index in [-0.39, 0.29) is 11.4 Å². The Morgan fingerprint density at radius 2 is 1.90 bits per heavy atom. The Morgan fingerprint density at radius 1 is 1.13 bits per heavy atom. The van der Waals surface area contributed by atoms with Crippen LogP contribution in [0, 0.1) is 17.6 Å². The Balaban J connectivity index is 1.90. The number of fused-ring (bicyclic) bond motifs is 1. The molecule has 0 bridgehead atoms. The first-order valence-electron chi connectivity index (χ1n) is 9.09. The van der Waals surface area contributed by atoms with Crippen LogP contribution in [0.5, 0.6) is 5.88 Å². The van der Waals surface area contributed by atoms with E-state index in [9.17, 15) is 9.90 Å². The SMILES string of the molecule is Cc1cc(SC#N)ccc1N=Cc1c(O)n(-c2ccccn2)c(=O)c2ccccc12. The van der Waals surface area contributed by atoms with Gasteiger partial charge in [-0.3, -0.25) is 9.79 Å². The number of aromatic nitrogens is 2. The summed E-state index contributed by atoms with van der Waals surface area (Å²) in [5.41, 5.74) is 1.67. The van der Waals surface area contributed by atoms with E-state index in [2.05, 4.69) is 15.4 Å². The maximum Gasteiger partial charge on any atom is 0.267 e. The van der Waals surface area contributed by atoms with Crippen molar-refractivity contribution in [1.82, 2.24) is 9.55 Å². The molecule has 0 amide bonds. The van der Waals surface area contributed by atoms with Crippen molar-refractivity contribution in [2.24, 2.45) is 4.99 Å². The summed E-state index contributed by atoms with van der Waals surface area (Å²) in [5, 5.41) is 22.9. The van der Waals surface area contributed by atoms with Crippen LogP contribution in [0.3, 0.4) is 0 Å². The number of aryl methyl sites for hydroxylation is 1. The molecule has 0 saturated carbocycles. The maximum atomic E-state index is 13.0. The average Bonchev–Trinajstić information content (AvgIpc) is 2.76. The molecule has 0 saturated heterocycles. The predicted octanol–water partition coefficient (Wildman–Crippen LogP) is 4.72. The van der Waals surface area contributed by atoms with Crippen LogP contribution in [0.4, 0.5) is 5.69 Å². The molecule has 0 aliphatic rings. The molecule has 4 rings (SSSR count). The molecule has 4 aromatic rings. The molecule has 0 fully saturated rings. The highest BCUT2D eigenvalue weighted by Crippen LogP contribution is 2.28. The number of hydrogen-bond acceptors (Lipinski definition) is 6. The lowest BCUT2D eigenvalue weighted by atomic mass is 10.1. The predicted molar refractivity (Wildman–Crippen MR) is 119 cm³/mol. The summed E-state index contributed by atoms with van der Waals surface area (Å²) in [6, 6.07) is 17.8. The molecule has 0 atom stereocenters. The molecule has 7 heteroatoms. The van der Waals surface area contributed by atoms with Gasteiger partial charge in [0.05, 0.1) is 11.3 Å². The molecule has 2 aromatic carbocycles. The van der Waals surface area contributed by atoms with Crippen molar-refractivity contribution in [2.75, 3.05) is 0 Å². The normalized spacial score (nSPS) is 11.1. The van der Waals surface area contributed by atoms with Crippen LogP contribution in [-0.4, -0.2) is 20.9 Å². The van der Waals surface area contributed by atoms with Crippen LogP contribution in [0.15, 0.2) is 81.5 Å². The number of nitrogens with zero attached hydrogens (tertiary/aromatic N) is 4. The number of pyridine rings is 2. The molecule has 6 nitrogen and oxygen atoms in total. The van der Waals surface area contributed by atoms with Gasteiger partial charge >= 0.3 is 0 Å². The van der Waals surface area contributed by atoms with Gasteiger partial charge < -0.3 is 5.11 Å². The summed E-state index contributed by atoms with van der Waals surface area (Å²) in [6.07, 6.45) is 3.12. The van der Waals surface area contributed by atoms with Crippen LogP contribution in [-0.2, 0) is 0 Å². The number of hydrogen-bond donors (Lipinski definition) is 1. The lowest BCUT2D eigenvalue weighted by molar-refractivity contribution is 0.435. The highest BCUT2D eigenvalue weighted by Gasteiger charge is 2.16.